The molecule has 3 heterocycles. The SMILES string of the molecule is CCNc1nc(N2CCCCC2)nc(-n2cc(Br)cn2)n1. The van der Waals surface area contributed by atoms with E-state index in [1.165, 1.54) is 19.3 Å². The Morgan fingerprint density at radius 3 is 2.57 bits per heavy atom. The van der Waals surface area contributed by atoms with E-state index in [0.29, 0.717) is 11.9 Å². The topological polar surface area (TPSA) is 71.8 Å². The van der Waals surface area contributed by atoms with Crippen LogP contribution in [0.15, 0.2) is 16.9 Å². The zero-order valence-corrected chi connectivity index (χ0v) is 13.5. The fourth-order valence-electron chi connectivity index (χ4n) is 2.34. The first-order valence-corrected chi connectivity index (χ1v) is 8.01. The first-order valence-electron chi connectivity index (χ1n) is 7.21. The number of rotatable bonds is 4. The van der Waals surface area contributed by atoms with Gasteiger partial charge in [0.2, 0.25) is 11.9 Å². The van der Waals surface area contributed by atoms with Gasteiger partial charge in [-0.2, -0.15) is 20.1 Å². The fourth-order valence-corrected chi connectivity index (χ4v) is 2.62. The molecule has 0 spiro atoms. The summed E-state index contributed by atoms with van der Waals surface area (Å²) in [4.78, 5) is 15.7. The smallest absolute Gasteiger partial charge is 0.257 e. The second-order valence-electron chi connectivity index (χ2n) is 4.94. The lowest BCUT2D eigenvalue weighted by atomic mass is 10.1. The van der Waals surface area contributed by atoms with Crippen LogP contribution in [-0.2, 0) is 0 Å². The maximum atomic E-state index is 4.57. The van der Waals surface area contributed by atoms with Gasteiger partial charge >= 0.3 is 0 Å². The number of hydrogen-bond donors (Lipinski definition) is 1. The molecule has 3 rings (SSSR count). The Morgan fingerprint density at radius 2 is 1.90 bits per heavy atom. The third-order valence-electron chi connectivity index (χ3n) is 3.34. The highest BCUT2D eigenvalue weighted by molar-refractivity contribution is 9.10. The van der Waals surface area contributed by atoms with E-state index in [1.54, 1.807) is 10.9 Å². The van der Waals surface area contributed by atoms with E-state index >= 15 is 0 Å². The summed E-state index contributed by atoms with van der Waals surface area (Å²) in [5, 5.41) is 7.41. The maximum Gasteiger partial charge on any atom is 0.257 e. The van der Waals surface area contributed by atoms with E-state index in [-0.39, 0.29) is 0 Å². The number of nitrogens with one attached hydrogen (secondary N) is 1. The summed E-state index contributed by atoms with van der Waals surface area (Å²) in [7, 11) is 0. The van der Waals surface area contributed by atoms with Crippen molar-refractivity contribution < 1.29 is 0 Å². The molecule has 2 aromatic heterocycles. The summed E-state index contributed by atoms with van der Waals surface area (Å²) in [6.07, 6.45) is 7.21. The number of anilines is 2. The summed E-state index contributed by atoms with van der Waals surface area (Å²) in [5.41, 5.74) is 0. The highest BCUT2D eigenvalue weighted by Crippen LogP contribution is 2.18. The second-order valence-corrected chi connectivity index (χ2v) is 5.86. The molecule has 0 atom stereocenters. The van der Waals surface area contributed by atoms with Crippen LogP contribution in [-0.4, -0.2) is 44.4 Å². The van der Waals surface area contributed by atoms with Crippen molar-refractivity contribution in [1.82, 2.24) is 24.7 Å². The molecule has 1 fully saturated rings. The van der Waals surface area contributed by atoms with Crippen LogP contribution in [0.3, 0.4) is 0 Å². The van der Waals surface area contributed by atoms with Crippen LogP contribution in [0.2, 0.25) is 0 Å². The molecule has 0 unspecified atom stereocenters. The fraction of sp³-hybridized carbons (Fsp3) is 0.538. The number of piperidine rings is 1. The molecule has 1 aliphatic heterocycles. The lowest BCUT2D eigenvalue weighted by Crippen LogP contribution is -2.31. The molecule has 1 aliphatic rings. The van der Waals surface area contributed by atoms with Gasteiger partial charge in [0, 0.05) is 25.8 Å². The van der Waals surface area contributed by atoms with Crippen molar-refractivity contribution in [3.63, 3.8) is 0 Å². The van der Waals surface area contributed by atoms with Crippen molar-refractivity contribution in [3.8, 4) is 5.95 Å². The Labute approximate surface area is 131 Å². The quantitative estimate of drug-likeness (QED) is 0.910. The van der Waals surface area contributed by atoms with E-state index in [0.717, 1.165) is 30.1 Å². The van der Waals surface area contributed by atoms with Crippen molar-refractivity contribution in [2.45, 2.75) is 26.2 Å². The molecule has 0 bridgehead atoms. The molecule has 2 aromatic rings. The molecule has 21 heavy (non-hydrogen) atoms. The molecule has 8 heteroatoms. The van der Waals surface area contributed by atoms with E-state index in [4.69, 9.17) is 0 Å². The van der Waals surface area contributed by atoms with Gasteiger partial charge in [0.15, 0.2) is 0 Å². The van der Waals surface area contributed by atoms with E-state index in [2.05, 4.69) is 46.2 Å². The molecule has 0 aromatic carbocycles. The third kappa shape index (κ3) is 3.31. The van der Waals surface area contributed by atoms with Crippen LogP contribution in [0.1, 0.15) is 26.2 Å². The molecule has 0 amide bonds. The minimum Gasteiger partial charge on any atom is -0.354 e. The minimum absolute atomic E-state index is 0.534. The molecule has 0 aliphatic carbocycles. The van der Waals surface area contributed by atoms with Crippen molar-refractivity contribution in [3.05, 3.63) is 16.9 Å². The Balaban J connectivity index is 1.96. The zero-order chi connectivity index (χ0) is 14.7. The average molecular weight is 352 g/mol. The maximum absolute atomic E-state index is 4.57. The second kappa shape index (κ2) is 6.38. The van der Waals surface area contributed by atoms with Crippen LogP contribution < -0.4 is 10.2 Å². The van der Waals surface area contributed by atoms with Crippen LogP contribution in [0.25, 0.3) is 5.95 Å². The molecule has 1 saturated heterocycles. The first-order chi connectivity index (χ1) is 10.3. The minimum atomic E-state index is 0.534. The highest BCUT2D eigenvalue weighted by atomic mass is 79.9. The van der Waals surface area contributed by atoms with E-state index in [1.807, 2.05) is 13.1 Å². The lowest BCUT2D eigenvalue weighted by Gasteiger charge is -2.26. The van der Waals surface area contributed by atoms with Crippen LogP contribution in [0.4, 0.5) is 11.9 Å². The average Bonchev–Trinajstić information content (AvgIpc) is 2.95. The first kappa shape index (κ1) is 14.2. The van der Waals surface area contributed by atoms with Gasteiger partial charge in [-0.15, -0.1) is 0 Å². The van der Waals surface area contributed by atoms with Gasteiger partial charge < -0.3 is 10.2 Å². The number of halogens is 1. The van der Waals surface area contributed by atoms with Crippen LogP contribution in [0, 0.1) is 0 Å². The molecule has 112 valence electrons. The molecule has 1 N–H and O–H groups in total. The van der Waals surface area contributed by atoms with Crippen LogP contribution >= 0.6 is 15.9 Å². The van der Waals surface area contributed by atoms with E-state index < -0.39 is 0 Å². The Morgan fingerprint density at radius 1 is 1.14 bits per heavy atom. The zero-order valence-electron chi connectivity index (χ0n) is 12.0. The largest absolute Gasteiger partial charge is 0.354 e. The standard InChI is InChI=1S/C13H18BrN7/c1-2-15-11-17-12(20-6-4-3-5-7-20)19-13(18-11)21-9-10(14)8-16-21/h8-9H,2-7H2,1H3,(H,15,17,18,19). The van der Waals surface area contributed by atoms with Crippen molar-refractivity contribution in [2.75, 3.05) is 29.9 Å². The predicted molar refractivity (Wildman–Crippen MR) is 84.9 cm³/mol. The Hall–Kier alpha value is -1.70. The van der Waals surface area contributed by atoms with Gasteiger partial charge in [0.25, 0.3) is 5.95 Å². The van der Waals surface area contributed by atoms with Crippen molar-refractivity contribution >= 4 is 27.8 Å². The molecular weight excluding hydrogens is 334 g/mol. The summed E-state index contributed by atoms with van der Waals surface area (Å²) >= 11 is 3.39. The van der Waals surface area contributed by atoms with Gasteiger partial charge in [-0.3, -0.25) is 0 Å². The van der Waals surface area contributed by atoms with Crippen molar-refractivity contribution in [2.24, 2.45) is 0 Å². The molecule has 0 saturated carbocycles. The number of aromatic nitrogens is 5. The van der Waals surface area contributed by atoms with Crippen molar-refractivity contribution in [1.29, 1.82) is 0 Å². The third-order valence-corrected chi connectivity index (χ3v) is 3.75. The van der Waals surface area contributed by atoms with Gasteiger partial charge in [-0.05, 0) is 42.1 Å². The van der Waals surface area contributed by atoms with Gasteiger partial charge in [0.1, 0.15) is 0 Å². The van der Waals surface area contributed by atoms with Crippen LogP contribution in [0.5, 0.6) is 0 Å². The summed E-state index contributed by atoms with van der Waals surface area (Å²) in [6, 6.07) is 0. The van der Waals surface area contributed by atoms with Gasteiger partial charge in [0.05, 0.1) is 10.7 Å². The number of hydrogen-bond acceptors (Lipinski definition) is 6. The summed E-state index contributed by atoms with van der Waals surface area (Å²) in [5.74, 6) is 1.85. The molecule has 0 radical (unpaired) electrons. The monoisotopic (exact) mass is 351 g/mol. The highest BCUT2D eigenvalue weighted by Gasteiger charge is 2.17. The summed E-state index contributed by atoms with van der Waals surface area (Å²) in [6.45, 7) is 4.79. The molecule has 7 nitrogen and oxygen atoms in total. The normalized spacial score (nSPS) is 15.2. The summed E-state index contributed by atoms with van der Waals surface area (Å²) < 4.78 is 2.55. The van der Waals surface area contributed by atoms with Gasteiger partial charge in [-0.25, -0.2) is 4.68 Å². The molecular formula is C13H18BrN7. The van der Waals surface area contributed by atoms with E-state index in [9.17, 15) is 0 Å². The van der Waals surface area contributed by atoms with Gasteiger partial charge in [-0.1, -0.05) is 0 Å². The Kier molecular flexibility index (Phi) is 4.33. The number of nitrogens with zero attached hydrogens (tertiary/aromatic N) is 6. The predicted octanol–water partition coefficient (Wildman–Crippen LogP) is 2.24. The Bertz CT molecular complexity index is 606. The lowest BCUT2D eigenvalue weighted by molar-refractivity contribution is 0.566.